The van der Waals surface area contributed by atoms with Gasteiger partial charge in [0.2, 0.25) is 5.95 Å². The molecule has 3 heterocycles. The largest absolute Gasteiger partial charge is 0.397 e. The molecule has 0 atom stereocenters. The summed E-state index contributed by atoms with van der Waals surface area (Å²) in [6.07, 6.45) is 6.84. The number of nitrogen functional groups attached to an aromatic ring is 1. The van der Waals surface area contributed by atoms with E-state index >= 15 is 0 Å². The van der Waals surface area contributed by atoms with Gasteiger partial charge in [-0.2, -0.15) is 4.39 Å². The summed E-state index contributed by atoms with van der Waals surface area (Å²) in [6, 6.07) is 10.1. The quantitative estimate of drug-likeness (QED) is 0.475. The number of piperidine rings is 1. The van der Waals surface area contributed by atoms with E-state index in [1.165, 1.54) is 37.2 Å². The van der Waals surface area contributed by atoms with Crippen molar-refractivity contribution in [2.75, 3.05) is 18.8 Å². The van der Waals surface area contributed by atoms with Gasteiger partial charge < -0.3 is 5.73 Å². The monoisotopic (exact) mass is 474 g/mol. The highest BCUT2D eigenvalue weighted by Gasteiger charge is 2.18. The molecule has 2 N–H and O–H groups in total. The molecule has 1 fully saturated rings. The van der Waals surface area contributed by atoms with Crippen LogP contribution in [0.5, 0.6) is 0 Å². The summed E-state index contributed by atoms with van der Waals surface area (Å²) in [6.45, 7) is 3.29. The number of halogens is 3. The molecule has 1 aliphatic heterocycles. The molecule has 2 aromatic heterocycles. The second-order valence-electron chi connectivity index (χ2n) is 7.29. The maximum Gasteiger partial charge on any atom is 0.220 e. The second kappa shape index (κ2) is 8.78. The van der Waals surface area contributed by atoms with Crippen LogP contribution in [0.1, 0.15) is 24.8 Å². The van der Waals surface area contributed by atoms with Gasteiger partial charge in [-0.25, -0.2) is 9.97 Å². The van der Waals surface area contributed by atoms with Crippen molar-refractivity contribution in [3.05, 3.63) is 63.9 Å². The zero-order valence-electron chi connectivity index (χ0n) is 15.8. The predicted octanol–water partition coefficient (Wildman–Crippen LogP) is 5.93. The number of nitrogens with two attached hydrogens (primary N) is 1. The first-order chi connectivity index (χ1) is 14.0. The third kappa shape index (κ3) is 4.44. The molecule has 0 unspecified atom stereocenters. The van der Waals surface area contributed by atoms with Gasteiger partial charge in [-0.1, -0.05) is 42.3 Å². The van der Waals surface area contributed by atoms with Gasteiger partial charge in [-0.3, -0.25) is 4.90 Å². The number of benzene rings is 1. The number of rotatable bonds is 4. The maximum atomic E-state index is 14.5. The molecule has 150 valence electrons. The Morgan fingerprint density at radius 2 is 1.76 bits per heavy atom. The van der Waals surface area contributed by atoms with E-state index in [1.807, 2.05) is 0 Å². The van der Waals surface area contributed by atoms with Crippen LogP contribution >= 0.6 is 27.5 Å². The van der Waals surface area contributed by atoms with Gasteiger partial charge in [0, 0.05) is 29.4 Å². The number of nitrogens with zero attached hydrogens (tertiary/aromatic N) is 3. The van der Waals surface area contributed by atoms with E-state index in [2.05, 4.69) is 55.1 Å². The van der Waals surface area contributed by atoms with Crippen molar-refractivity contribution >= 4 is 33.2 Å². The summed E-state index contributed by atoms with van der Waals surface area (Å²) >= 11 is 9.45. The van der Waals surface area contributed by atoms with Crippen LogP contribution in [-0.4, -0.2) is 28.0 Å². The first-order valence-corrected chi connectivity index (χ1v) is 10.8. The fraction of sp³-hybridized carbons (Fsp3) is 0.273. The van der Waals surface area contributed by atoms with Crippen LogP contribution in [0.2, 0.25) is 5.15 Å². The molecule has 0 radical (unpaired) electrons. The summed E-state index contributed by atoms with van der Waals surface area (Å²) in [4.78, 5) is 10.4. The molecule has 0 bridgehead atoms. The fourth-order valence-corrected chi connectivity index (χ4v) is 4.40. The van der Waals surface area contributed by atoms with Crippen molar-refractivity contribution in [3.8, 4) is 22.3 Å². The molecular weight excluding hydrogens is 455 g/mol. The zero-order valence-corrected chi connectivity index (χ0v) is 18.2. The third-order valence-corrected chi connectivity index (χ3v) is 6.54. The summed E-state index contributed by atoms with van der Waals surface area (Å²) in [5.74, 6) is -0.606. The van der Waals surface area contributed by atoms with Crippen LogP contribution in [-0.2, 0) is 6.54 Å². The molecule has 1 aliphatic rings. The molecule has 0 saturated carbocycles. The molecule has 0 spiro atoms. The van der Waals surface area contributed by atoms with Crippen LogP contribution in [0.4, 0.5) is 10.1 Å². The minimum Gasteiger partial charge on any atom is -0.397 e. The first-order valence-electron chi connectivity index (χ1n) is 9.60. The molecule has 7 heteroatoms. The van der Waals surface area contributed by atoms with E-state index in [1.54, 1.807) is 6.07 Å². The maximum absolute atomic E-state index is 14.5. The number of aromatic nitrogens is 2. The molecular formula is C22H21BrClFN4. The van der Waals surface area contributed by atoms with E-state index in [4.69, 9.17) is 17.3 Å². The van der Waals surface area contributed by atoms with Gasteiger partial charge in [-0.05, 0) is 59.1 Å². The fourth-order valence-electron chi connectivity index (χ4n) is 3.71. The van der Waals surface area contributed by atoms with Crippen molar-refractivity contribution < 1.29 is 4.39 Å². The average Bonchev–Trinajstić information content (AvgIpc) is 2.74. The van der Waals surface area contributed by atoms with E-state index in [0.29, 0.717) is 15.7 Å². The standard InChI is InChI=1S/C22H21BrClFN4/c23-20-19(18(26)12-27-21(20)24)17-10-16(11-28-22(17)25)15-6-4-14(5-7-15)13-29-8-2-1-3-9-29/h4-7,10-12H,1-3,8-9,13,26H2. The van der Waals surface area contributed by atoms with Gasteiger partial charge >= 0.3 is 0 Å². The van der Waals surface area contributed by atoms with Crippen molar-refractivity contribution in [2.24, 2.45) is 0 Å². The molecule has 0 aliphatic carbocycles. The van der Waals surface area contributed by atoms with Gasteiger partial charge in [0.25, 0.3) is 0 Å². The van der Waals surface area contributed by atoms with Crippen molar-refractivity contribution in [3.63, 3.8) is 0 Å². The Labute approximate surface area is 183 Å². The van der Waals surface area contributed by atoms with Crippen LogP contribution < -0.4 is 5.73 Å². The number of hydrogen-bond acceptors (Lipinski definition) is 4. The average molecular weight is 476 g/mol. The molecule has 1 aromatic carbocycles. The van der Waals surface area contributed by atoms with Gasteiger partial charge in [0.15, 0.2) is 0 Å². The number of likely N-dealkylation sites (tertiary alicyclic amines) is 1. The summed E-state index contributed by atoms with van der Waals surface area (Å²) in [5, 5.41) is 0.223. The Bertz CT molecular complexity index is 1020. The Kier molecular flexibility index (Phi) is 6.13. The third-order valence-electron chi connectivity index (χ3n) is 5.26. The van der Waals surface area contributed by atoms with E-state index in [9.17, 15) is 4.39 Å². The first kappa shape index (κ1) is 20.3. The Balaban J connectivity index is 1.63. The van der Waals surface area contributed by atoms with Crippen LogP contribution in [0.15, 0.2) is 47.2 Å². The molecule has 4 rings (SSSR count). The molecule has 29 heavy (non-hydrogen) atoms. The smallest absolute Gasteiger partial charge is 0.220 e. The summed E-state index contributed by atoms with van der Waals surface area (Å²) < 4.78 is 15.0. The summed E-state index contributed by atoms with van der Waals surface area (Å²) in [5.41, 5.74) is 10.2. The highest BCUT2D eigenvalue weighted by Crippen LogP contribution is 2.39. The van der Waals surface area contributed by atoms with E-state index < -0.39 is 5.95 Å². The van der Waals surface area contributed by atoms with Crippen molar-refractivity contribution in [1.29, 1.82) is 0 Å². The molecule has 4 nitrogen and oxygen atoms in total. The molecule has 3 aromatic rings. The minimum atomic E-state index is -0.606. The zero-order chi connectivity index (χ0) is 20.4. The SMILES string of the molecule is Nc1cnc(Cl)c(Br)c1-c1cc(-c2ccc(CN3CCCCC3)cc2)cnc1F. The van der Waals surface area contributed by atoms with Crippen LogP contribution in [0.25, 0.3) is 22.3 Å². The molecule has 1 saturated heterocycles. The lowest BCUT2D eigenvalue weighted by molar-refractivity contribution is 0.221. The lowest BCUT2D eigenvalue weighted by atomic mass is 10.0. The van der Waals surface area contributed by atoms with Crippen LogP contribution in [0.3, 0.4) is 0 Å². The van der Waals surface area contributed by atoms with Gasteiger partial charge in [0.1, 0.15) is 5.15 Å². The number of anilines is 1. The Morgan fingerprint density at radius 1 is 1.03 bits per heavy atom. The lowest BCUT2D eigenvalue weighted by Crippen LogP contribution is -2.28. The van der Waals surface area contributed by atoms with Crippen molar-refractivity contribution in [2.45, 2.75) is 25.8 Å². The van der Waals surface area contributed by atoms with Crippen molar-refractivity contribution in [1.82, 2.24) is 14.9 Å². The topological polar surface area (TPSA) is 55.0 Å². The Morgan fingerprint density at radius 3 is 2.48 bits per heavy atom. The highest BCUT2D eigenvalue weighted by atomic mass is 79.9. The van der Waals surface area contributed by atoms with Gasteiger partial charge in [0.05, 0.1) is 16.4 Å². The number of hydrogen-bond donors (Lipinski definition) is 1. The summed E-state index contributed by atoms with van der Waals surface area (Å²) in [7, 11) is 0. The lowest BCUT2D eigenvalue weighted by Gasteiger charge is -2.26. The van der Waals surface area contributed by atoms with E-state index in [-0.39, 0.29) is 10.7 Å². The van der Waals surface area contributed by atoms with Gasteiger partial charge in [-0.15, -0.1) is 0 Å². The minimum absolute atomic E-state index is 0.223. The molecule has 0 amide bonds. The Hall–Kier alpha value is -2.02. The van der Waals surface area contributed by atoms with Crippen LogP contribution in [0, 0.1) is 5.95 Å². The number of pyridine rings is 2. The predicted molar refractivity (Wildman–Crippen MR) is 119 cm³/mol. The normalized spacial score (nSPS) is 14.9. The van der Waals surface area contributed by atoms with E-state index in [0.717, 1.165) is 30.8 Å². The second-order valence-corrected chi connectivity index (χ2v) is 8.44. The highest BCUT2D eigenvalue weighted by molar-refractivity contribution is 9.10.